The number of pyridine rings is 1. The highest BCUT2D eigenvalue weighted by atomic mass is 31.2. The fourth-order valence-corrected chi connectivity index (χ4v) is 6.50. The van der Waals surface area contributed by atoms with Gasteiger partial charge in [0.25, 0.3) is 5.91 Å². The lowest BCUT2D eigenvalue weighted by Crippen LogP contribution is -2.50. The number of aromatic nitrogens is 1. The van der Waals surface area contributed by atoms with Crippen molar-refractivity contribution in [1.29, 1.82) is 0 Å². The molecule has 1 amide bonds. The van der Waals surface area contributed by atoms with E-state index in [0.717, 1.165) is 6.07 Å². The van der Waals surface area contributed by atoms with Gasteiger partial charge in [-0.05, 0) is 33.3 Å². The number of hydrogen-bond donors (Lipinski definition) is 1. The number of nitrogens with zero attached hydrogens (tertiary/aromatic N) is 1. The van der Waals surface area contributed by atoms with Gasteiger partial charge in [0.15, 0.2) is 11.5 Å². The van der Waals surface area contributed by atoms with Crippen LogP contribution in [0, 0.1) is 17.0 Å². The van der Waals surface area contributed by atoms with Crippen LogP contribution < -0.4 is 15.5 Å². The first-order chi connectivity index (χ1) is 18.4. The summed E-state index contributed by atoms with van der Waals surface area (Å²) in [4.78, 5) is 40.0. The van der Waals surface area contributed by atoms with Gasteiger partial charge in [-0.15, -0.1) is 0 Å². The molecule has 2 heterocycles. The van der Waals surface area contributed by atoms with Crippen molar-refractivity contribution in [1.82, 2.24) is 9.88 Å². The number of halogens is 2. The van der Waals surface area contributed by atoms with Crippen molar-refractivity contribution in [2.75, 3.05) is 33.6 Å². The molecule has 2 atom stereocenters. The zero-order valence-electron chi connectivity index (χ0n) is 22.5. The average Bonchev–Trinajstić information content (AvgIpc) is 2.89. The lowest BCUT2D eigenvalue weighted by Gasteiger charge is -2.41. The summed E-state index contributed by atoms with van der Waals surface area (Å²) >= 11 is 0. The fourth-order valence-electron chi connectivity index (χ4n) is 4.64. The molecule has 0 spiro atoms. The number of ether oxygens (including phenoxy) is 2. The van der Waals surface area contributed by atoms with E-state index >= 15 is 0 Å². The van der Waals surface area contributed by atoms with Crippen molar-refractivity contribution in [3.8, 4) is 5.75 Å². The summed E-state index contributed by atoms with van der Waals surface area (Å²) < 4.78 is 63.3. The molecule has 0 saturated heterocycles. The standard InChI is InChI=1S/C26H33F2N2O8P/c1-6-37-39(34,38-7-2)11-10-26(3)20(35-4)15-30-14-18(22(31)23(36-5)21(30)24(26)32)25(33)29-13-16-8-9-17(27)12-19(16)28/h8-9,12,14,20H,6-7,10-11,13,15H2,1-5H3,(H,29,33). The average molecular weight is 571 g/mol. The van der Waals surface area contributed by atoms with Crippen LogP contribution in [0.4, 0.5) is 8.78 Å². The van der Waals surface area contributed by atoms with Gasteiger partial charge in [0.2, 0.25) is 5.43 Å². The Balaban J connectivity index is 1.95. The largest absolute Gasteiger partial charge is 0.491 e. The highest BCUT2D eigenvalue weighted by molar-refractivity contribution is 7.53. The van der Waals surface area contributed by atoms with Crippen LogP contribution in [0.1, 0.15) is 53.6 Å². The number of rotatable bonds is 12. The summed E-state index contributed by atoms with van der Waals surface area (Å²) in [5.74, 6) is -3.26. The quantitative estimate of drug-likeness (QED) is 0.381. The molecule has 39 heavy (non-hydrogen) atoms. The molecule has 0 fully saturated rings. The summed E-state index contributed by atoms with van der Waals surface area (Å²) in [6.45, 7) is 5.14. The second-order valence-electron chi connectivity index (χ2n) is 9.22. The SMILES string of the molecule is CCOP(=O)(CCC1(C)C(=O)c2c(OC)c(=O)c(C(=O)NCc3ccc(F)cc3F)cn2CC1OC)OCC. The topological polar surface area (TPSA) is 122 Å². The van der Waals surface area contributed by atoms with Crippen molar-refractivity contribution in [3.63, 3.8) is 0 Å². The van der Waals surface area contributed by atoms with E-state index in [-0.39, 0.29) is 61.5 Å². The number of benzene rings is 1. The molecule has 1 aromatic heterocycles. The molecule has 1 aromatic carbocycles. The van der Waals surface area contributed by atoms with Crippen LogP contribution in [0.15, 0.2) is 29.2 Å². The Bertz CT molecular complexity index is 1340. The monoisotopic (exact) mass is 570 g/mol. The molecule has 2 aromatic rings. The second kappa shape index (κ2) is 12.5. The molecule has 10 nitrogen and oxygen atoms in total. The zero-order valence-corrected chi connectivity index (χ0v) is 23.4. The molecule has 1 aliphatic rings. The van der Waals surface area contributed by atoms with Crippen LogP contribution in [0.25, 0.3) is 0 Å². The Morgan fingerprint density at radius 2 is 1.85 bits per heavy atom. The van der Waals surface area contributed by atoms with Gasteiger partial charge in [-0.2, -0.15) is 0 Å². The van der Waals surface area contributed by atoms with E-state index in [1.165, 1.54) is 31.0 Å². The van der Waals surface area contributed by atoms with Crippen molar-refractivity contribution in [2.45, 2.75) is 46.4 Å². The number of carbonyl (C=O) groups is 2. The van der Waals surface area contributed by atoms with E-state index in [9.17, 15) is 27.7 Å². The molecule has 13 heteroatoms. The third kappa shape index (κ3) is 6.30. The Morgan fingerprint density at radius 3 is 2.41 bits per heavy atom. The number of ketones is 1. The molecular weight excluding hydrogens is 537 g/mol. The number of Topliss-reactive ketones (excluding diaryl/α,β-unsaturated/α-hetero) is 1. The van der Waals surface area contributed by atoms with Crippen molar-refractivity contribution in [3.05, 3.63) is 63.1 Å². The van der Waals surface area contributed by atoms with Gasteiger partial charge in [0.05, 0.1) is 44.5 Å². The van der Waals surface area contributed by atoms with Crippen LogP contribution in [0.5, 0.6) is 5.75 Å². The molecule has 0 bridgehead atoms. The van der Waals surface area contributed by atoms with E-state index in [1.54, 1.807) is 20.8 Å². The maximum Gasteiger partial charge on any atom is 0.330 e. The van der Waals surface area contributed by atoms with Crippen molar-refractivity contribution in [2.24, 2.45) is 5.41 Å². The van der Waals surface area contributed by atoms with E-state index in [0.29, 0.717) is 6.07 Å². The Morgan fingerprint density at radius 1 is 1.18 bits per heavy atom. The van der Waals surface area contributed by atoms with Crippen LogP contribution in [-0.4, -0.2) is 56.0 Å². The van der Waals surface area contributed by atoms with Crippen molar-refractivity contribution >= 4 is 19.3 Å². The summed E-state index contributed by atoms with van der Waals surface area (Å²) in [5, 5.41) is 2.44. The van der Waals surface area contributed by atoms with Crippen LogP contribution in [0.3, 0.4) is 0 Å². The second-order valence-corrected chi connectivity index (χ2v) is 11.4. The van der Waals surface area contributed by atoms with E-state index < -0.39 is 47.9 Å². The minimum atomic E-state index is -3.47. The fraction of sp³-hybridized carbons (Fsp3) is 0.500. The van der Waals surface area contributed by atoms with Crippen LogP contribution in [0.2, 0.25) is 0 Å². The predicted molar refractivity (Wildman–Crippen MR) is 138 cm³/mol. The Hall–Kier alpha value is -2.92. The summed E-state index contributed by atoms with van der Waals surface area (Å²) in [6.07, 6.45) is 0.533. The molecule has 1 N–H and O–H groups in total. The van der Waals surface area contributed by atoms with Gasteiger partial charge in [0, 0.05) is 31.5 Å². The summed E-state index contributed by atoms with van der Waals surface area (Å²) in [7, 11) is -0.839. The van der Waals surface area contributed by atoms with Crippen LogP contribution >= 0.6 is 7.60 Å². The molecule has 0 radical (unpaired) electrons. The predicted octanol–water partition coefficient (Wildman–Crippen LogP) is 3.94. The minimum Gasteiger partial charge on any atom is -0.491 e. The minimum absolute atomic E-state index is 0.0246. The number of amides is 1. The summed E-state index contributed by atoms with van der Waals surface area (Å²) in [5.41, 5.74) is -2.41. The van der Waals surface area contributed by atoms with Crippen molar-refractivity contribution < 1.29 is 41.5 Å². The van der Waals surface area contributed by atoms with Gasteiger partial charge in [0.1, 0.15) is 22.9 Å². The van der Waals surface area contributed by atoms with Crippen LogP contribution in [-0.2, 0) is 31.4 Å². The van der Waals surface area contributed by atoms with Gasteiger partial charge in [-0.1, -0.05) is 6.07 Å². The summed E-state index contributed by atoms with van der Waals surface area (Å²) in [6, 6.07) is 2.92. The van der Waals surface area contributed by atoms with Gasteiger partial charge < -0.3 is 28.4 Å². The smallest absolute Gasteiger partial charge is 0.330 e. The molecular formula is C26H33F2N2O8P. The van der Waals surface area contributed by atoms with E-state index in [4.69, 9.17) is 18.5 Å². The molecule has 0 saturated carbocycles. The molecule has 0 aliphatic carbocycles. The molecule has 3 rings (SSSR count). The third-order valence-electron chi connectivity index (χ3n) is 6.79. The Kier molecular flexibility index (Phi) is 9.82. The number of nitrogens with one attached hydrogen (secondary N) is 1. The molecule has 214 valence electrons. The normalized spacial score (nSPS) is 19.1. The van der Waals surface area contributed by atoms with Gasteiger partial charge in [-0.25, -0.2) is 8.78 Å². The number of hydrogen-bond acceptors (Lipinski definition) is 8. The molecule has 1 aliphatic heterocycles. The highest BCUT2D eigenvalue weighted by Crippen LogP contribution is 2.52. The zero-order chi connectivity index (χ0) is 29.0. The van der Waals surface area contributed by atoms with E-state index in [1.807, 2.05) is 0 Å². The lowest BCUT2D eigenvalue weighted by atomic mass is 9.73. The number of methoxy groups -OCH3 is 2. The maximum absolute atomic E-state index is 14.0. The van der Waals surface area contributed by atoms with E-state index in [2.05, 4.69) is 5.32 Å². The first kappa shape index (κ1) is 30.6. The van der Waals surface area contributed by atoms with Gasteiger partial charge in [-0.3, -0.25) is 18.9 Å². The van der Waals surface area contributed by atoms with Gasteiger partial charge >= 0.3 is 7.60 Å². The first-order valence-electron chi connectivity index (χ1n) is 12.4. The Labute approximate surface area is 225 Å². The first-order valence-corrected chi connectivity index (χ1v) is 14.2. The lowest BCUT2D eigenvalue weighted by molar-refractivity contribution is -0.0165. The number of fused-ring (bicyclic) bond motifs is 1. The molecule has 2 unspecified atom stereocenters. The maximum atomic E-state index is 14.0. The highest BCUT2D eigenvalue weighted by Gasteiger charge is 2.49. The third-order valence-corrected chi connectivity index (χ3v) is 8.86. The number of carbonyl (C=O) groups excluding carboxylic acids is 2.